The fourth-order valence-corrected chi connectivity index (χ4v) is 5.60. The molecule has 0 aromatic carbocycles. The average molecular weight is 398 g/mol. The van der Waals surface area contributed by atoms with Crippen LogP contribution in [-0.2, 0) is 18.6 Å². The second kappa shape index (κ2) is 6.42. The molecule has 9 heteroatoms. The Morgan fingerprint density at radius 3 is 2.89 bits per heavy atom. The molecule has 7 nitrogen and oxygen atoms in total. The summed E-state index contributed by atoms with van der Waals surface area (Å²) in [5, 5.41) is 6.27. The maximum atomic E-state index is 6.29. The molecule has 0 radical (unpaired) electrons. The normalized spacial score (nSPS) is 14.1. The SMILES string of the molecule is Cc1cc(C)n2nc(SCc3nc(N)c4c5c(sc4n3)CCCC5)nc2n1. The lowest BCUT2D eigenvalue weighted by Crippen LogP contribution is -2.02. The zero-order valence-electron chi connectivity index (χ0n) is 15.2. The van der Waals surface area contributed by atoms with Crippen LogP contribution in [-0.4, -0.2) is 29.5 Å². The minimum absolute atomic E-state index is 0.581. The van der Waals surface area contributed by atoms with Gasteiger partial charge in [0.1, 0.15) is 16.5 Å². The van der Waals surface area contributed by atoms with Crippen molar-refractivity contribution in [1.82, 2.24) is 29.5 Å². The Balaban J connectivity index is 1.44. The van der Waals surface area contributed by atoms with Crippen LogP contribution in [0.3, 0.4) is 0 Å². The molecule has 5 rings (SSSR count). The molecule has 0 aliphatic heterocycles. The van der Waals surface area contributed by atoms with Crippen LogP contribution in [0.2, 0.25) is 0 Å². The molecule has 0 saturated carbocycles. The molecular weight excluding hydrogens is 378 g/mol. The number of anilines is 1. The molecule has 0 amide bonds. The lowest BCUT2D eigenvalue weighted by molar-refractivity contribution is 0.700. The minimum Gasteiger partial charge on any atom is -0.383 e. The standard InChI is InChI=1S/C18H19N7S2/c1-9-7-10(2)25-17(20-9)23-18(24-25)26-8-13-21-15(19)14-11-5-3-4-6-12(11)27-16(14)22-13/h7H,3-6,8H2,1-2H3,(H2,19,21,22). The van der Waals surface area contributed by atoms with E-state index >= 15 is 0 Å². The molecule has 0 unspecified atom stereocenters. The summed E-state index contributed by atoms with van der Waals surface area (Å²) in [5.74, 6) is 2.53. The molecule has 27 heavy (non-hydrogen) atoms. The number of nitrogens with zero attached hydrogens (tertiary/aromatic N) is 6. The van der Waals surface area contributed by atoms with Crippen molar-refractivity contribution in [3.63, 3.8) is 0 Å². The maximum absolute atomic E-state index is 6.29. The summed E-state index contributed by atoms with van der Waals surface area (Å²) in [7, 11) is 0. The Hall–Kier alpha value is -2.26. The lowest BCUT2D eigenvalue weighted by Gasteiger charge is -2.10. The summed E-state index contributed by atoms with van der Waals surface area (Å²) < 4.78 is 1.76. The molecule has 1 aliphatic rings. The number of thioether (sulfide) groups is 1. The second-order valence-corrected chi connectivity index (χ2v) is 8.88. The van der Waals surface area contributed by atoms with Crippen LogP contribution in [0.4, 0.5) is 5.82 Å². The number of rotatable bonds is 3. The zero-order chi connectivity index (χ0) is 18.5. The van der Waals surface area contributed by atoms with Crippen LogP contribution < -0.4 is 5.73 Å². The third-order valence-electron chi connectivity index (χ3n) is 4.82. The smallest absolute Gasteiger partial charge is 0.253 e. The first-order chi connectivity index (χ1) is 13.1. The van der Waals surface area contributed by atoms with Crippen LogP contribution >= 0.6 is 23.1 Å². The van der Waals surface area contributed by atoms with Gasteiger partial charge in [-0.2, -0.15) is 4.98 Å². The van der Waals surface area contributed by atoms with Gasteiger partial charge >= 0.3 is 0 Å². The van der Waals surface area contributed by atoms with Crippen molar-refractivity contribution >= 4 is 44.9 Å². The Morgan fingerprint density at radius 1 is 1.15 bits per heavy atom. The molecule has 0 atom stereocenters. The number of aromatic nitrogens is 6. The van der Waals surface area contributed by atoms with Gasteiger partial charge in [0.25, 0.3) is 5.78 Å². The number of thiophene rings is 1. The van der Waals surface area contributed by atoms with Crippen molar-refractivity contribution in [3.8, 4) is 0 Å². The third kappa shape index (κ3) is 2.94. The first-order valence-electron chi connectivity index (χ1n) is 8.99. The molecule has 0 spiro atoms. The Bertz CT molecular complexity index is 1180. The van der Waals surface area contributed by atoms with Crippen LogP contribution in [0, 0.1) is 13.8 Å². The average Bonchev–Trinajstić information content (AvgIpc) is 3.20. The summed E-state index contributed by atoms with van der Waals surface area (Å²) in [4.78, 5) is 20.7. The molecule has 4 aromatic heterocycles. The van der Waals surface area contributed by atoms with Gasteiger partial charge in [0.15, 0.2) is 0 Å². The van der Waals surface area contributed by atoms with Gasteiger partial charge in [0.05, 0.1) is 11.1 Å². The maximum Gasteiger partial charge on any atom is 0.253 e. The van der Waals surface area contributed by atoms with E-state index in [2.05, 4.69) is 20.1 Å². The summed E-state index contributed by atoms with van der Waals surface area (Å²) in [6.45, 7) is 3.96. The molecule has 0 saturated heterocycles. The van der Waals surface area contributed by atoms with E-state index in [0.717, 1.165) is 40.3 Å². The van der Waals surface area contributed by atoms with Gasteiger partial charge in [0.2, 0.25) is 5.16 Å². The van der Waals surface area contributed by atoms with Crippen LogP contribution in [0.1, 0.15) is 40.5 Å². The topological polar surface area (TPSA) is 94.9 Å². The number of hydrogen-bond donors (Lipinski definition) is 1. The van der Waals surface area contributed by atoms with Gasteiger partial charge in [-0.15, -0.1) is 16.4 Å². The van der Waals surface area contributed by atoms with Crippen molar-refractivity contribution in [1.29, 1.82) is 0 Å². The highest BCUT2D eigenvalue weighted by molar-refractivity contribution is 7.98. The number of nitrogen functional groups attached to an aromatic ring is 1. The van der Waals surface area contributed by atoms with Gasteiger partial charge in [0, 0.05) is 16.3 Å². The summed E-state index contributed by atoms with van der Waals surface area (Å²) in [6.07, 6.45) is 4.70. The van der Waals surface area contributed by atoms with Gasteiger partial charge in [-0.3, -0.25) is 0 Å². The lowest BCUT2D eigenvalue weighted by atomic mass is 9.97. The second-order valence-electron chi connectivity index (χ2n) is 6.85. The molecule has 4 heterocycles. The first kappa shape index (κ1) is 16.9. The minimum atomic E-state index is 0.581. The summed E-state index contributed by atoms with van der Waals surface area (Å²) in [5.41, 5.74) is 9.62. The Kier molecular flexibility index (Phi) is 4.01. The molecule has 0 bridgehead atoms. The third-order valence-corrected chi connectivity index (χ3v) is 6.84. The van der Waals surface area contributed by atoms with Gasteiger partial charge < -0.3 is 5.73 Å². The Morgan fingerprint density at radius 2 is 2.00 bits per heavy atom. The van der Waals surface area contributed by atoms with E-state index in [1.54, 1.807) is 15.9 Å². The van der Waals surface area contributed by atoms with E-state index < -0.39 is 0 Å². The van der Waals surface area contributed by atoms with Gasteiger partial charge in [-0.25, -0.2) is 19.5 Å². The fraction of sp³-hybridized carbons (Fsp3) is 0.389. The quantitative estimate of drug-likeness (QED) is 0.529. The van der Waals surface area contributed by atoms with Crippen LogP contribution in [0.15, 0.2) is 11.2 Å². The van der Waals surface area contributed by atoms with Crippen LogP contribution in [0.25, 0.3) is 16.0 Å². The van der Waals surface area contributed by atoms with E-state index in [-0.39, 0.29) is 0 Å². The predicted octanol–water partition coefficient (Wildman–Crippen LogP) is 3.50. The van der Waals surface area contributed by atoms with E-state index in [4.69, 9.17) is 10.7 Å². The molecular formula is C18H19N7S2. The van der Waals surface area contributed by atoms with E-state index in [0.29, 0.717) is 22.5 Å². The molecule has 138 valence electrons. The largest absolute Gasteiger partial charge is 0.383 e. The summed E-state index contributed by atoms with van der Waals surface area (Å²) >= 11 is 3.28. The predicted molar refractivity (Wildman–Crippen MR) is 108 cm³/mol. The molecule has 4 aromatic rings. The summed E-state index contributed by atoms with van der Waals surface area (Å²) in [6, 6.07) is 1.99. The highest BCUT2D eigenvalue weighted by Gasteiger charge is 2.20. The number of nitrogens with two attached hydrogens (primary N) is 1. The van der Waals surface area contributed by atoms with E-state index in [9.17, 15) is 0 Å². The first-order valence-corrected chi connectivity index (χ1v) is 10.8. The monoisotopic (exact) mass is 397 g/mol. The molecule has 0 fully saturated rings. The van der Waals surface area contributed by atoms with E-state index in [1.165, 1.54) is 35.0 Å². The zero-order valence-corrected chi connectivity index (χ0v) is 16.8. The van der Waals surface area contributed by atoms with Crippen molar-refractivity contribution in [2.45, 2.75) is 50.4 Å². The van der Waals surface area contributed by atoms with Crippen LogP contribution in [0.5, 0.6) is 0 Å². The highest BCUT2D eigenvalue weighted by Crippen LogP contribution is 2.38. The number of fused-ring (bicyclic) bond motifs is 4. The van der Waals surface area contributed by atoms with Gasteiger partial charge in [-0.05, 0) is 51.2 Å². The molecule has 2 N–H and O–H groups in total. The number of aryl methyl sites for hydroxylation is 4. The highest BCUT2D eigenvalue weighted by atomic mass is 32.2. The Labute approximate surface area is 164 Å². The van der Waals surface area contributed by atoms with Crippen molar-refractivity contribution in [2.24, 2.45) is 0 Å². The fourth-order valence-electron chi connectivity index (χ4n) is 3.63. The van der Waals surface area contributed by atoms with Gasteiger partial charge in [-0.1, -0.05) is 11.8 Å². The van der Waals surface area contributed by atoms with E-state index in [1.807, 2.05) is 19.9 Å². The number of hydrogen-bond acceptors (Lipinski definition) is 8. The molecule has 1 aliphatic carbocycles. The van der Waals surface area contributed by atoms with Crippen molar-refractivity contribution in [3.05, 3.63) is 33.7 Å². The van der Waals surface area contributed by atoms with Crippen molar-refractivity contribution in [2.75, 3.05) is 5.73 Å². The van der Waals surface area contributed by atoms with Crippen molar-refractivity contribution < 1.29 is 0 Å².